The molecule has 2 N–H and O–H groups in total. The van der Waals surface area contributed by atoms with Crippen LogP contribution in [0, 0.1) is 5.92 Å². The second-order valence-electron chi connectivity index (χ2n) is 2.62. The third kappa shape index (κ3) is 4.10. The first kappa shape index (κ1) is 11.4. The number of carboxylic acid groups (broad SMARTS) is 2. The van der Waals surface area contributed by atoms with Crippen molar-refractivity contribution in [1.82, 2.24) is 0 Å². The summed E-state index contributed by atoms with van der Waals surface area (Å²) in [5.41, 5.74) is 0.771. The Morgan fingerprint density at radius 3 is 2.15 bits per heavy atom. The Morgan fingerprint density at radius 1 is 1.38 bits per heavy atom. The minimum absolute atomic E-state index is 0.0114. The lowest BCUT2D eigenvalue weighted by molar-refractivity contribution is -0.154. The van der Waals surface area contributed by atoms with Crippen LogP contribution < -0.4 is 0 Å². The van der Waals surface area contributed by atoms with Gasteiger partial charge >= 0.3 is 11.9 Å². The average molecular weight is 184 g/mol. The Bertz CT molecular complexity index is 238. The number of hydrogen-bond donors (Lipinski definition) is 2. The van der Waals surface area contributed by atoms with Crippen LogP contribution in [0.3, 0.4) is 0 Å². The van der Waals surface area contributed by atoms with Gasteiger partial charge in [0.2, 0.25) is 0 Å². The fourth-order valence-corrected chi connectivity index (χ4v) is 0.694. The minimum atomic E-state index is -1.37. The number of aliphatic carboxylic acids is 2. The number of carboxylic acids is 2. The van der Waals surface area contributed by atoms with Crippen LogP contribution in [0.2, 0.25) is 0 Å². The van der Waals surface area contributed by atoms with Crippen molar-refractivity contribution in [1.29, 1.82) is 0 Å². The van der Waals surface area contributed by atoms with Gasteiger partial charge in [0.05, 0.1) is 0 Å². The van der Waals surface area contributed by atoms with Gasteiger partial charge in [0, 0.05) is 0 Å². The van der Waals surface area contributed by atoms with Gasteiger partial charge in [-0.15, -0.1) is 0 Å². The summed E-state index contributed by atoms with van der Waals surface area (Å²) in [6, 6.07) is 0. The lowest BCUT2D eigenvalue weighted by Crippen LogP contribution is -2.22. The Kier molecular flexibility index (Phi) is 4.51. The van der Waals surface area contributed by atoms with Gasteiger partial charge in [-0.05, 0) is 13.3 Å². The Labute approximate surface area is 76.2 Å². The summed E-state index contributed by atoms with van der Waals surface area (Å²) in [5, 5.41) is 17.0. The first-order valence-electron chi connectivity index (χ1n) is 3.73. The molecular formula is C9H12O4. The van der Waals surface area contributed by atoms with Gasteiger partial charge in [0.25, 0.3) is 0 Å². The monoisotopic (exact) mass is 184 g/mol. The molecule has 0 radical (unpaired) electrons. The van der Waals surface area contributed by atoms with Crippen LogP contribution in [0.4, 0.5) is 0 Å². The van der Waals surface area contributed by atoms with Crippen molar-refractivity contribution in [2.75, 3.05) is 0 Å². The summed E-state index contributed by atoms with van der Waals surface area (Å²) < 4.78 is 0. The zero-order valence-corrected chi connectivity index (χ0v) is 7.36. The van der Waals surface area contributed by atoms with Gasteiger partial charge in [-0.25, -0.2) is 0 Å². The maximum Gasteiger partial charge on any atom is 0.318 e. The third-order valence-corrected chi connectivity index (χ3v) is 1.59. The molecule has 0 fully saturated rings. The smallest absolute Gasteiger partial charge is 0.318 e. The largest absolute Gasteiger partial charge is 0.481 e. The predicted molar refractivity (Wildman–Crippen MR) is 47.3 cm³/mol. The van der Waals surface area contributed by atoms with E-state index in [2.05, 4.69) is 6.58 Å². The topological polar surface area (TPSA) is 74.6 Å². The number of rotatable bonds is 5. The second kappa shape index (κ2) is 5.13. The zero-order chi connectivity index (χ0) is 10.4. The van der Waals surface area contributed by atoms with Gasteiger partial charge in [-0.3, -0.25) is 9.59 Å². The minimum Gasteiger partial charge on any atom is -0.481 e. The third-order valence-electron chi connectivity index (χ3n) is 1.59. The molecule has 0 aliphatic rings. The standard InChI is InChI=1S/C9H12O4/c1-3-6(2)4-5-7(8(10)11)9(12)13/h3-4,7H,1,5H2,2H3,(H,10,11)(H,12,13). The van der Waals surface area contributed by atoms with Crippen LogP contribution in [-0.4, -0.2) is 22.2 Å². The van der Waals surface area contributed by atoms with Crippen LogP contribution in [0.15, 0.2) is 24.3 Å². The van der Waals surface area contributed by atoms with E-state index < -0.39 is 17.9 Å². The Hall–Kier alpha value is -1.58. The fourth-order valence-electron chi connectivity index (χ4n) is 0.694. The summed E-state index contributed by atoms with van der Waals surface area (Å²) in [6.07, 6.45) is 3.07. The van der Waals surface area contributed by atoms with Gasteiger partial charge in [-0.1, -0.05) is 24.3 Å². The molecule has 0 amide bonds. The van der Waals surface area contributed by atoms with Crippen LogP contribution >= 0.6 is 0 Å². The van der Waals surface area contributed by atoms with Crippen LogP contribution in [0.25, 0.3) is 0 Å². The molecule has 0 aromatic rings. The summed E-state index contributed by atoms with van der Waals surface area (Å²) >= 11 is 0. The molecule has 0 unspecified atom stereocenters. The van der Waals surface area contributed by atoms with E-state index in [9.17, 15) is 9.59 Å². The normalized spacial score (nSPS) is 11.4. The maximum atomic E-state index is 10.4. The summed E-state index contributed by atoms with van der Waals surface area (Å²) in [7, 11) is 0. The number of allylic oxidation sites excluding steroid dienone is 3. The fraction of sp³-hybridized carbons (Fsp3) is 0.333. The van der Waals surface area contributed by atoms with Crippen LogP contribution in [0.1, 0.15) is 13.3 Å². The number of hydrogen-bond acceptors (Lipinski definition) is 2. The van der Waals surface area contributed by atoms with E-state index in [1.165, 1.54) is 0 Å². The molecular weight excluding hydrogens is 172 g/mol. The average Bonchev–Trinajstić information content (AvgIpc) is 2.03. The summed E-state index contributed by atoms with van der Waals surface area (Å²) in [6.45, 7) is 5.20. The molecule has 0 atom stereocenters. The van der Waals surface area contributed by atoms with Crippen molar-refractivity contribution >= 4 is 11.9 Å². The first-order valence-corrected chi connectivity index (χ1v) is 3.73. The molecule has 0 aromatic heterocycles. The van der Waals surface area contributed by atoms with Crippen molar-refractivity contribution in [3.8, 4) is 0 Å². The quantitative estimate of drug-likeness (QED) is 0.498. The van der Waals surface area contributed by atoms with Crippen molar-refractivity contribution in [2.45, 2.75) is 13.3 Å². The predicted octanol–water partition coefficient (Wildman–Crippen LogP) is 1.29. The van der Waals surface area contributed by atoms with E-state index in [4.69, 9.17) is 10.2 Å². The van der Waals surface area contributed by atoms with Crippen LogP contribution in [0.5, 0.6) is 0 Å². The highest BCUT2D eigenvalue weighted by molar-refractivity contribution is 5.93. The van der Waals surface area contributed by atoms with Crippen molar-refractivity contribution in [3.63, 3.8) is 0 Å². The molecule has 0 aliphatic carbocycles. The molecule has 0 aliphatic heterocycles. The molecule has 72 valence electrons. The van der Waals surface area contributed by atoms with E-state index in [0.717, 1.165) is 5.57 Å². The molecule has 4 heteroatoms. The molecule has 0 bridgehead atoms. The summed E-state index contributed by atoms with van der Waals surface area (Å²) in [5.74, 6) is -4.00. The zero-order valence-electron chi connectivity index (χ0n) is 7.36. The SMILES string of the molecule is C=CC(C)=CCC(C(=O)O)C(=O)O. The highest BCUT2D eigenvalue weighted by atomic mass is 16.4. The maximum absolute atomic E-state index is 10.4. The highest BCUT2D eigenvalue weighted by Gasteiger charge is 2.23. The molecule has 4 nitrogen and oxygen atoms in total. The van der Waals surface area contributed by atoms with Gasteiger partial charge < -0.3 is 10.2 Å². The van der Waals surface area contributed by atoms with E-state index in [-0.39, 0.29) is 6.42 Å². The van der Waals surface area contributed by atoms with Crippen molar-refractivity contribution in [3.05, 3.63) is 24.3 Å². The first-order chi connectivity index (χ1) is 5.99. The van der Waals surface area contributed by atoms with Crippen molar-refractivity contribution < 1.29 is 19.8 Å². The van der Waals surface area contributed by atoms with Crippen LogP contribution in [-0.2, 0) is 9.59 Å². The molecule has 0 rings (SSSR count). The van der Waals surface area contributed by atoms with E-state index in [1.54, 1.807) is 19.1 Å². The van der Waals surface area contributed by atoms with E-state index >= 15 is 0 Å². The molecule has 0 saturated heterocycles. The Morgan fingerprint density at radius 2 is 1.85 bits per heavy atom. The lowest BCUT2D eigenvalue weighted by Gasteiger charge is -2.03. The van der Waals surface area contributed by atoms with E-state index in [1.807, 2.05) is 0 Å². The lowest BCUT2D eigenvalue weighted by atomic mass is 10.0. The number of carbonyl (C=O) groups is 2. The van der Waals surface area contributed by atoms with E-state index in [0.29, 0.717) is 0 Å². The molecule has 0 heterocycles. The second-order valence-corrected chi connectivity index (χ2v) is 2.62. The van der Waals surface area contributed by atoms with Gasteiger partial charge in [-0.2, -0.15) is 0 Å². The van der Waals surface area contributed by atoms with Gasteiger partial charge in [0.15, 0.2) is 5.92 Å². The summed E-state index contributed by atoms with van der Waals surface area (Å²) in [4.78, 5) is 20.8. The molecule has 0 spiro atoms. The van der Waals surface area contributed by atoms with Gasteiger partial charge in [0.1, 0.15) is 0 Å². The highest BCUT2D eigenvalue weighted by Crippen LogP contribution is 2.07. The Balaban J connectivity index is 4.37. The molecule has 0 saturated carbocycles. The molecule has 13 heavy (non-hydrogen) atoms. The van der Waals surface area contributed by atoms with Crippen molar-refractivity contribution in [2.24, 2.45) is 5.92 Å². The molecule has 0 aromatic carbocycles.